The molecular formula is C14H20BrNO. The van der Waals surface area contributed by atoms with E-state index in [1.54, 1.807) is 0 Å². The number of aliphatic hydroxyl groups is 1. The second-order valence-corrected chi connectivity index (χ2v) is 6.19. The monoisotopic (exact) mass is 297 g/mol. The van der Waals surface area contributed by atoms with E-state index in [1.807, 2.05) is 0 Å². The molecule has 17 heavy (non-hydrogen) atoms. The van der Waals surface area contributed by atoms with Crippen molar-refractivity contribution in [3.8, 4) is 0 Å². The van der Waals surface area contributed by atoms with Gasteiger partial charge in [0.25, 0.3) is 0 Å². The molecule has 1 saturated carbocycles. The van der Waals surface area contributed by atoms with E-state index in [2.05, 4.69) is 52.1 Å². The SMILES string of the molecule is CN(CCc1cccc(Br)c1)CC1(CO)CC1. The molecule has 3 heteroatoms. The first kappa shape index (κ1) is 13.1. The third-order valence-corrected chi connectivity index (χ3v) is 4.06. The third-order valence-electron chi connectivity index (χ3n) is 3.57. The zero-order valence-corrected chi connectivity index (χ0v) is 11.9. The minimum atomic E-state index is 0.228. The van der Waals surface area contributed by atoms with E-state index in [9.17, 15) is 5.11 Å². The summed E-state index contributed by atoms with van der Waals surface area (Å²) in [6.45, 7) is 2.42. The van der Waals surface area contributed by atoms with Crippen LogP contribution < -0.4 is 0 Å². The van der Waals surface area contributed by atoms with Crippen LogP contribution in [-0.2, 0) is 6.42 Å². The topological polar surface area (TPSA) is 23.5 Å². The molecule has 2 nitrogen and oxygen atoms in total. The number of nitrogens with zero attached hydrogens (tertiary/aromatic N) is 1. The van der Waals surface area contributed by atoms with E-state index < -0.39 is 0 Å². The summed E-state index contributed by atoms with van der Waals surface area (Å²) in [6, 6.07) is 8.47. The van der Waals surface area contributed by atoms with Crippen LogP contribution in [0.25, 0.3) is 0 Å². The fraction of sp³-hybridized carbons (Fsp3) is 0.571. The highest BCUT2D eigenvalue weighted by molar-refractivity contribution is 9.10. The highest BCUT2D eigenvalue weighted by atomic mass is 79.9. The molecule has 0 amide bonds. The van der Waals surface area contributed by atoms with Crippen molar-refractivity contribution >= 4 is 15.9 Å². The first-order chi connectivity index (χ1) is 8.13. The van der Waals surface area contributed by atoms with Crippen molar-refractivity contribution in [2.75, 3.05) is 26.7 Å². The van der Waals surface area contributed by atoms with Gasteiger partial charge in [-0.2, -0.15) is 0 Å². The lowest BCUT2D eigenvalue weighted by atomic mass is 10.1. The molecule has 0 atom stereocenters. The van der Waals surface area contributed by atoms with Gasteiger partial charge in [0.1, 0.15) is 0 Å². The summed E-state index contributed by atoms with van der Waals surface area (Å²) in [5.74, 6) is 0. The van der Waals surface area contributed by atoms with Crippen molar-refractivity contribution in [3.63, 3.8) is 0 Å². The molecule has 1 aliphatic rings. The van der Waals surface area contributed by atoms with Crippen molar-refractivity contribution in [3.05, 3.63) is 34.3 Å². The normalized spacial score (nSPS) is 17.4. The molecule has 0 spiro atoms. The Morgan fingerprint density at radius 2 is 2.18 bits per heavy atom. The van der Waals surface area contributed by atoms with Gasteiger partial charge in [0.15, 0.2) is 0 Å². The molecule has 1 fully saturated rings. The summed E-state index contributed by atoms with van der Waals surface area (Å²) in [4.78, 5) is 2.34. The van der Waals surface area contributed by atoms with Gasteiger partial charge in [0, 0.05) is 29.6 Å². The van der Waals surface area contributed by atoms with Crippen LogP contribution in [0.4, 0.5) is 0 Å². The second kappa shape index (κ2) is 5.51. The summed E-state index contributed by atoms with van der Waals surface area (Å²) in [5.41, 5.74) is 1.59. The molecule has 1 N–H and O–H groups in total. The zero-order valence-electron chi connectivity index (χ0n) is 10.3. The van der Waals surface area contributed by atoms with Crippen molar-refractivity contribution in [2.24, 2.45) is 5.41 Å². The molecule has 0 radical (unpaired) electrons. The molecular weight excluding hydrogens is 278 g/mol. The van der Waals surface area contributed by atoms with E-state index in [-0.39, 0.29) is 5.41 Å². The van der Waals surface area contributed by atoms with E-state index in [0.29, 0.717) is 6.61 Å². The van der Waals surface area contributed by atoms with Gasteiger partial charge in [0.2, 0.25) is 0 Å². The van der Waals surface area contributed by atoms with Crippen molar-refractivity contribution in [2.45, 2.75) is 19.3 Å². The number of aliphatic hydroxyl groups excluding tert-OH is 1. The molecule has 0 heterocycles. The predicted molar refractivity (Wildman–Crippen MR) is 74.1 cm³/mol. The standard InChI is InChI=1S/C14H20BrNO/c1-16(10-14(11-17)6-7-14)8-5-12-3-2-4-13(15)9-12/h2-4,9,17H,5-8,10-11H2,1H3. The summed E-state index contributed by atoms with van der Waals surface area (Å²) in [5, 5.41) is 9.29. The average Bonchev–Trinajstić information content (AvgIpc) is 3.07. The molecule has 0 unspecified atom stereocenters. The summed E-state index contributed by atoms with van der Waals surface area (Å²) in [6.07, 6.45) is 3.44. The van der Waals surface area contributed by atoms with Gasteiger partial charge >= 0.3 is 0 Å². The molecule has 0 bridgehead atoms. The molecule has 1 aromatic rings. The van der Waals surface area contributed by atoms with Crippen LogP contribution >= 0.6 is 15.9 Å². The maximum absolute atomic E-state index is 9.29. The van der Waals surface area contributed by atoms with Crippen LogP contribution in [0.1, 0.15) is 18.4 Å². The Hall–Kier alpha value is -0.380. The number of benzene rings is 1. The van der Waals surface area contributed by atoms with Gasteiger partial charge in [-0.25, -0.2) is 0 Å². The highest BCUT2D eigenvalue weighted by Gasteiger charge is 2.42. The highest BCUT2D eigenvalue weighted by Crippen LogP contribution is 2.45. The first-order valence-electron chi connectivity index (χ1n) is 6.17. The van der Waals surface area contributed by atoms with Crippen LogP contribution in [0.2, 0.25) is 0 Å². The minimum absolute atomic E-state index is 0.228. The Kier molecular flexibility index (Phi) is 4.23. The van der Waals surface area contributed by atoms with Crippen LogP contribution in [0, 0.1) is 5.41 Å². The average molecular weight is 298 g/mol. The van der Waals surface area contributed by atoms with E-state index in [0.717, 1.165) is 24.0 Å². The fourth-order valence-electron chi connectivity index (χ4n) is 2.21. The maximum atomic E-state index is 9.29. The Morgan fingerprint density at radius 1 is 1.41 bits per heavy atom. The third kappa shape index (κ3) is 3.80. The number of hydrogen-bond donors (Lipinski definition) is 1. The summed E-state index contributed by atoms with van der Waals surface area (Å²) in [7, 11) is 2.15. The van der Waals surface area contributed by atoms with Crippen molar-refractivity contribution in [1.82, 2.24) is 4.90 Å². The number of hydrogen-bond acceptors (Lipinski definition) is 2. The van der Waals surface area contributed by atoms with Crippen LogP contribution in [0.15, 0.2) is 28.7 Å². The smallest absolute Gasteiger partial charge is 0.0499 e. The largest absolute Gasteiger partial charge is 0.396 e. The van der Waals surface area contributed by atoms with Crippen LogP contribution in [-0.4, -0.2) is 36.8 Å². The van der Waals surface area contributed by atoms with E-state index in [1.165, 1.54) is 18.4 Å². The van der Waals surface area contributed by atoms with Crippen molar-refractivity contribution in [1.29, 1.82) is 0 Å². The fourth-order valence-corrected chi connectivity index (χ4v) is 2.65. The van der Waals surface area contributed by atoms with Crippen LogP contribution in [0.3, 0.4) is 0 Å². The molecule has 0 aliphatic heterocycles. The Bertz CT molecular complexity index is 376. The Balaban J connectivity index is 1.78. The lowest BCUT2D eigenvalue weighted by molar-refractivity contribution is 0.165. The summed E-state index contributed by atoms with van der Waals surface area (Å²) < 4.78 is 1.15. The lowest BCUT2D eigenvalue weighted by Gasteiger charge is -2.22. The van der Waals surface area contributed by atoms with Gasteiger partial charge in [-0.05, 0) is 44.0 Å². The lowest BCUT2D eigenvalue weighted by Crippen LogP contribution is -2.30. The Morgan fingerprint density at radius 3 is 2.76 bits per heavy atom. The maximum Gasteiger partial charge on any atom is 0.0499 e. The van der Waals surface area contributed by atoms with E-state index in [4.69, 9.17) is 0 Å². The van der Waals surface area contributed by atoms with E-state index >= 15 is 0 Å². The predicted octanol–water partition coefficient (Wildman–Crippen LogP) is 2.70. The number of halogens is 1. The first-order valence-corrected chi connectivity index (χ1v) is 6.97. The molecule has 2 rings (SSSR count). The van der Waals surface area contributed by atoms with Gasteiger partial charge in [-0.3, -0.25) is 0 Å². The second-order valence-electron chi connectivity index (χ2n) is 5.28. The zero-order chi connectivity index (χ0) is 12.3. The molecule has 1 aromatic carbocycles. The van der Waals surface area contributed by atoms with Gasteiger partial charge in [0.05, 0.1) is 0 Å². The molecule has 1 aliphatic carbocycles. The van der Waals surface area contributed by atoms with Gasteiger partial charge < -0.3 is 10.0 Å². The molecule has 0 saturated heterocycles. The number of rotatable bonds is 6. The van der Waals surface area contributed by atoms with Crippen LogP contribution in [0.5, 0.6) is 0 Å². The molecule has 0 aromatic heterocycles. The molecule has 94 valence electrons. The Labute approximate surface area is 112 Å². The van der Waals surface area contributed by atoms with Gasteiger partial charge in [-0.1, -0.05) is 28.1 Å². The quantitative estimate of drug-likeness (QED) is 0.873. The van der Waals surface area contributed by atoms with Gasteiger partial charge in [-0.15, -0.1) is 0 Å². The summed E-state index contributed by atoms with van der Waals surface area (Å²) >= 11 is 3.49. The number of likely N-dealkylation sites (N-methyl/N-ethyl adjacent to an activating group) is 1. The van der Waals surface area contributed by atoms with Crippen molar-refractivity contribution < 1.29 is 5.11 Å². The minimum Gasteiger partial charge on any atom is -0.396 e.